The molecule has 4 saturated carbocycles. The molecule has 0 saturated heterocycles. The maximum Gasteiger partial charge on any atom is 0.164 e. The van der Waals surface area contributed by atoms with Gasteiger partial charge in [-0.2, -0.15) is 10.2 Å². The number of aromatic amines is 2. The molecular weight excluding hydrogens is 713 g/mol. The molecule has 0 bridgehead atoms. The van der Waals surface area contributed by atoms with Crippen LogP contribution in [0.15, 0.2) is 24.5 Å². The molecule has 10 rings (SSSR count). The number of hydrogen-bond donors (Lipinski definition) is 2. The molecule has 0 amide bonds. The molecule has 2 atom stereocenters. The molecule has 8 nitrogen and oxygen atoms in total. The van der Waals surface area contributed by atoms with Gasteiger partial charge in [0, 0.05) is 104 Å². The van der Waals surface area contributed by atoms with Crippen molar-refractivity contribution >= 4 is 45.8 Å². The molecule has 0 spiro atoms. The lowest BCUT2D eigenvalue weighted by Crippen LogP contribution is -2.15. The van der Waals surface area contributed by atoms with Crippen LogP contribution >= 0.6 is 22.7 Å². The van der Waals surface area contributed by atoms with Crippen molar-refractivity contribution in [3.63, 3.8) is 0 Å². The van der Waals surface area contributed by atoms with Crippen molar-refractivity contribution in [1.29, 1.82) is 0 Å². The van der Waals surface area contributed by atoms with E-state index in [-0.39, 0.29) is 23.4 Å². The predicted octanol–water partition coefficient (Wildman–Crippen LogP) is 9.47. The third-order valence-corrected chi connectivity index (χ3v) is 15.4. The smallest absolute Gasteiger partial charge is 0.164 e. The minimum atomic E-state index is 0.252. The Kier molecular flexibility index (Phi) is 10.4. The summed E-state index contributed by atoms with van der Waals surface area (Å²) >= 11 is 3.48. The minimum Gasteiger partial charge on any atom is -0.299 e. The zero-order valence-corrected chi connectivity index (χ0v) is 32.9. The standard InChI is InChI=1S/2C22H26N2O2S/c25-18(7-3-13-1-2-13)22-16-11-15(17-9-10-23-24-17)6-8-20(16)27-21(22)12-19(26)14-4-5-14;25-18(9-6-13-4-5-13)21-16-3-1-2-15(17-10-11-23-24-17)22(16)27-20(21)12-19(26)14-7-8-14/h9-10,13-15H,1-8,11-12H2,(H,23,24);10-11,13-15H,1-9,12H2,(H,23,24). The van der Waals surface area contributed by atoms with Crippen LogP contribution in [0.1, 0.15) is 171 Å². The molecule has 2 unspecified atom stereocenters. The van der Waals surface area contributed by atoms with Crippen molar-refractivity contribution in [2.45, 2.75) is 140 Å². The van der Waals surface area contributed by atoms with Gasteiger partial charge < -0.3 is 0 Å². The highest BCUT2D eigenvalue weighted by molar-refractivity contribution is 7.13. The molecule has 4 fully saturated rings. The second-order valence-corrected chi connectivity index (χ2v) is 19.4. The van der Waals surface area contributed by atoms with Gasteiger partial charge in [0.05, 0.1) is 0 Å². The zero-order valence-electron chi connectivity index (χ0n) is 31.3. The summed E-state index contributed by atoms with van der Waals surface area (Å²) in [6, 6.07) is 4.09. The molecule has 6 aliphatic rings. The lowest BCUT2D eigenvalue weighted by Gasteiger charge is -2.22. The minimum absolute atomic E-state index is 0.252. The van der Waals surface area contributed by atoms with E-state index in [9.17, 15) is 19.2 Å². The molecule has 0 aromatic carbocycles. The lowest BCUT2D eigenvalue weighted by molar-refractivity contribution is -0.120. The molecule has 2 N–H and O–H groups in total. The number of nitrogens with zero attached hydrogens (tertiary/aromatic N) is 2. The molecule has 0 aliphatic heterocycles. The first kappa shape index (κ1) is 36.2. The van der Waals surface area contributed by atoms with E-state index in [2.05, 4.69) is 20.4 Å². The zero-order chi connectivity index (χ0) is 36.8. The fraction of sp³-hybridized carbons (Fsp3) is 0.591. The van der Waals surface area contributed by atoms with Crippen molar-refractivity contribution in [3.8, 4) is 0 Å². The second-order valence-electron chi connectivity index (χ2n) is 17.1. The van der Waals surface area contributed by atoms with Gasteiger partial charge in [0.2, 0.25) is 0 Å². The van der Waals surface area contributed by atoms with Crippen molar-refractivity contribution in [2.24, 2.45) is 23.7 Å². The Morgan fingerprint density at radius 3 is 1.78 bits per heavy atom. The number of thiophene rings is 2. The van der Waals surface area contributed by atoms with E-state index < -0.39 is 0 Å². The van der Waals surface area contributed by atoms with Crippen LogP contribution in [0, 0.1) is 23.7 Å². The van der Waals surface area contributed by atoms with Crippen molar-refractivity contribution < 1.29 is 19.2 Å². The average molecular weight is 765 g/mol. The molecule has 10 heteroatoms. The van der Waals surface area contributed by atoms with Crippen molar-refractivity contribution in [2.75, 3.05) is 0 Å². The van der Waals surface area contributed by atoms with Crippen LogP contribution in [0.5, 0.6) is 0 Å². The number of nitrogens with one attached hydrogen (secondary N) is 2. The molecule has 0 radical (unpaired) electrons. The summed E-state index contributed by atoms with van der Waals surface area (Å²) in [5, 5.41) is 14.5. The molecule has 54 heavy (non-hydrogen) atoms. The third-order valence-electron chi connectivity index (χ3n) is 12.8. The molecule has 284 valence electrons. The van der Waals surface area contributed by atoms with Gasteiger partial charge >= 0.3 is 0 Å². The van der Waals surface area contributed by atoms with Gasteiger partial charge in [0.25, 0.3) is 0 Å². The van der Waals surface area contributed by atoms with Crippen molar-refractivity contribution in [1.82, 2.24) is 20.4 Å². The molecule has 4 aromatic heterocycles. The van der Waals surface area contributed by atoms with E-state index in [1.54, 1.807) is 35.1 Å². The van der Waals surface area contributed by atoms with Gasteiger partial charge in [0.15, 0.2) is 11.6 Å². The van der Waals surface area contributed by atoms with Gasteiger partial charge in [-0.05, 0) is 112 Å². The van der Waals surface area contributed by atoms with Gasteiger partial charge in [0.1, 0.15) is 11.6 Å². The third kappa shape index (κ3) is 8.20. The summed E-state index contributed by atoms with van der Waals surface area (Å²) in [4.78, 5) is 56.1. The number of hydrogen-bond acceptors (Lipinski definition) is 8. The first-order valence-electron chi connectivity index (χ1n) is 20.8. The summed E-state index contributed by atoms with van der Waals surface area (Å²) in [6.45, 7) is 0. The number of carbonyl (C=O) groups excluding carboxylic acids is 4. The Morgan fingerprint density at radius 1 is 0.648 bits per heavy atom. The number of aromatic nitrogens is 4. The van der Waals surface area contributed by atoms with Crippen LogP contribution in [-0.4, -0.2) is 43.5 Å². The average Bonchev–Trinajstić information content (AvgIpc) is 4.03. The van der Waals surface area contributed by atoms with Gasteiger partial charge in [-0.1, -0.05) is 25.7 Å². The largest absolute Gasteiger partial charge is 0.299 e. The van der Waals surface area contributed by atoms with Crippen LogP contribution in [0.2, 0.25) is 0 Å². The van der Waals surface area contributed by atoms with E-state index in [0.29, 0.717) is 49.1 Å². The van der Waals surface area contributed by atoms with Crippen LogP contribution in [0.4, 0.5) is 0 Å². The van der Waals surface area contributed by atoms with E-state index in [1.165, 1.54) is 52.3 Å². The summed E-state index contributed by atoms with van der Waals surface area (Å²) in [5.74, 6) is 3.97. The van der Waals surface area contributed by atoms with Crippen LogP contribution in [0.3, 0.4) is 0 Å². The maximum absolute atomic E-state index is 13.2. The Bertz CT molecular complexity index is 2010. The molecular formula is C44H52N4O4S2. The normalized spacial score (nSPS) is 21.9. The quantitative estimate of drug-likeness (QED) is 0.110. The summed E-state index contributed by atoms with van der Waals surface area (Å²) in [6.07, 6.45) is 23.3. The molecule has 6 aliphatic carbocycles. The monoisotopic (exact) mass is 764 g/mol. The summed E-state index contributed by atoms with van der Waals surface area (Å²) in [7, 11) is 0. The van der Waals surface area contributed by atoms with E-state index >= 15 is 0 Å². The highest BCUT2D eigenvalue weighted by Crippen LogP contribution is 2.46. The van der Waals surface area contributed by atoms with Crippen LogP contribution < -0.4 is 0 Å². The van der Waals surface area contributed by atoms with Gasteiger partial charge in [-0.25, -0.2) is 0 Å². The summed E-state index contributed by atoms with van der Waals surface area (Å²) in [5.41, 5.74) is 6.63. The Hall–Kier alpha value is -3.50. The fourth-order valence-electron chi connectivity index (χ4n) is 8.88. The topological polar surface area (TPSA) is 126 Å². The predicted molar refractivity (Wildman–Crippen MR) is 211 cm³/mol. The number of aryl methyl sites for hydroxylation is 1. The number of rotatable bonds is 16. The first-order chi connectivity index (χ1) is 26.4. The Balaban J connectivity index is 0.000000142. The highest BCUT2D eigenvalue weighted by atomic mass is 32.1. The number of fused-ring (bicyclic) bond motifs is 2. The molecule has 4 heterocycles. The fourth-order valence-corrected chi connectivity index (χ4v) is 11.8. The SMILES string of the molecule is O=C(CCC1CC1)c1c(CC(=O)C2CC2)sc2c1CC(c1ccn[nH]1)CC2.O=C(CCC1CC1)c1c(CC(=O)C2CC2)sc2c1CCCC2c1ccn[nH]1. The van der Waals surface area contributed by atoms with E-state index in [1.807, 2.05) is 12.1 Å². The van der Waals surface area contributed by atoms with E-state index in [0.717, 1.165) is 115 Å². The Labute approximate surface area is 325 Å². The number of carbonyl (C=O) groups is 4. The summed E-state index contributed by atoms with van der Waals surface area (Å²) < 4.78 is 0. The highest BCUT2D eigenvalue weighted by Gasteiger charge is 2.37. The van der Waals surface area contributed by atoms with Crippen LogP contribution in [-0.2, 0) is 41.7 Å². The van der Waals surface area contributed by atoms with Crippen LogP contribution in [0.25, 0.3) is 0 Å². The lowest BCUT2D eigenvalue weighted by atomic mass is 9.83. The number of Topliss-reactive ketones (excluding diaryl/α,β-unsaturated/α-hetero) is 4. The maximum atomic E-state index is 13.2. The van der Waals surface area contributed by atoms with Gasteiger partial charge in [-0.15, -0.1) is 22.7 Å². The Morgan fingerprint density at radius 2 is 1.22 bits per heavy atom. The number of ketones is 4. The van der Waals surface area contributed by atoms with Gasteiger partial charge in [-0.3, -0.25) is 29.4 Å². The molecule has 4 aromatic rings. The van der Waals surface area contributed by atoms with E-state index in [4.69, 9.17) is 0 Å². The van der Waals surface area contributed by atoms with Crippen molar-refractivity contribution in [3.05, 3.63) is 77.7 Å². The first-order valence-corrected chi connectivity index (χ1v) is 22.4. The number of H-pyrrole nitrogens is 2. The second kappa shape index (κ2) is 15.6.